The Hall–Kier alpha value is -1.38. The average Bonchev–Trinajstić information content (AvgIpc) is 3.05. The Bertz CT molecular complexity index is 394. The number of hydrogen-bond donors (Lipinski definition) is 0. The van der Waals surface area contributed by atoms with Crippen molar-refractivity contribution < 1.29 is 4.79 Å². The molecule has 1 aromatic heterocycles. The van der Waals surface area contributed by atoms with Crippen LogP contribution in [0, 0.1) is 0 Å². The molecule has 3 rings (SSSR count). The van der Waals surface area contributed by atoms with Gasteiger partial charge in [-0.25, -0.2) is 0 Å². The molecule has 0 atom stereocenters. The summed E-state index contributed by atoms with van der Waals surface area (Å²) >= 11 is 0. The van der Waals surface area contributed by atoms with E-state index in [1.807, 2.05) is 18.2 Å². The Kier molecular flexibility index (Phi) is 2.83. The van der Waals surface area contributed by atoms with Gasteiger partial charge in [0, 0.05) is 18.3 Å². The number of hydrogen-bond acceptors (Lipinski definition) is 2. The molecule has 90 valence electrons. The molecular formula is C14H18N2O. The zero-order valence-electron chi connectivity index (χ0n) is 10.0. The van der Waals surface area contributed by atoms with Crippen LogP contribution in [0.25, 0.3) is 0 Å². The monoisotopic (exact) mass is 230 g/mol. The van der Waals surface area contributed by atoms with Crippen molar-refractivity contribution in [3.8, 4) is 0 Å². The number of rotatable bonds is 3. The van der Waals surface area contributed by atoms with Crippen LogP contribution in [-0.2, 0) is 0 Å². The minimum atomic E-state index is 0.139. The Morgan fingerprint density at radius 3 is 2.41 bits per heavy atom. The number of pyridine rings is 1. The van der Waals surface area contributed by atoms with Gasteiger partial charge in [0.15, 0.2) is 0 Å². The van der Waals surface area contributed by atoms with Gasteiger partial charge in [-0.05, 0) is 37.8 Å². The van der Waals surface area contributed by atoms with Gasteiger partial charge in [-0.3, -0.25) is 9.78 Å². The smallest absolute Gasteiger partial charge is 0.272 e. The van der Waals surface area contributed by atoms with Gasteiger partial charge in [-0.2, -0.15) is 0 Å². The summed E-state index contributed by atoms with van der Waals surface area (Å²) in [5, 5.41) is 0. The molecule has 1 aromatic rings. The molecule has 1 amide bonds. The van der Waals surface area contributed by atoms with Crippen LogP contribution in [0.4, 0.5) is 0 Å². The van der Waals surface area contributed by atoms with E-state index in [1.165, 1.54) is 38.5 Å². The molecule has 0 aromatic carbocycles. The number of carbonyl (C=O) groups is 1. The molecular weight excluding hydrogens is 212 g/mol. The summed E-state index contributed by atoms with van der Waals surface area (Å²) in [6, 6.07) is 6.53. The van der Waals surface area contributed by atoms with Gasteiger partial charge >= 0.3 is 0 Å². The van der Waals surface area contributed by atoms with Crippen LogP contribution in [0.1, 0.15) is 49.0 Å². The summed E-state index contributed by atoms with van der Waals surface area (Å²) in [4.78, 5) is 18.8. The topological polar surface area (TPSA) is 33.2 Å². The summed E-state index contributed by atoms with van der Waals surface area (Å²) in [7, 11) is 0. The molecule has 1 heterocycles. The van der Waals surface area contributed by atoms with E-state index >= 15 is 0 Å². The van der Waals surface area contributed by atoms with E-state index in [1.54, 1.807) is 6.20 Å². The van der Waals surface area contributed by atoms with Gasteiger partial charge in [0.2, 0.25) is 0 Å². The van der Waals surface area contributed by atoms with E-state index in [0.717, 1.165) is 0 Å². The highest BCUT2D eigenvalue weighted by Gasteiger charge is 2.38. The van der Waals surface area contributed by atoms with E-state index in [9.17, 15) is 4.79 Å². The predicted octanol–water partition coefficient (Wildman–Crippen LogP) is 2.63. The Morgan fingerprint density at radius 1 is 1.12 bits per heavy atom. The minimum Gasteiger partial charge on any atom is -0.331 e. The molecule has 0 N–H and O–H groups in total. The van der Waals surface area contributed by atoms with Crippen LogP contribution < -0.4 is 0 Å². The first-order chi connectivity index (χ1) is 8.36. The van der Waals surface area contributed by atoms with Gasteiger partial charge in [0.05, 0.1) is 0 Å². The third kappa shape index (κ3) is 2.19. The molecule has 17 heavy (non-hydrogen) atoms. The second-order valence-electron chi connectivity index (χ2n) is 5.10. The van der Waals surface area contributed by atoms with Crippen molar-refractivity contribution in [1.82, 2.24) is 9.88 Å². The molecule has 0 saturated heterocycles. The van der Waals surface area contributed by atoms with E-state index in [0.29, 0.717) is 17.8 Å². The second kappa shape index (κ2) is 4.47. The molecule has 0 aliphatic heterocycles. The molecule has 0 spiro atoms. The second-order valence-corrected chi connectivity index (χ2v) is 5.10. The minimum absolute atomic E-state index is 0.139. The third-order valence-corrected chi connectivity index (χ3v) is 3.78. The summed E-state index contributed by atoms with van der Waals surface area (Å²) in [6.07, 6.45) is 8.94. The zero-order chi connectivity index (χ0) is 11.7. The molecule has 2 aliphatic rings. The fourth-order valence-corrected chi connectivity index (χ4v) is 2.79. The normalized spacial score (nSPS) is 20.5. The highest BCUT2D eigenvalue weighted by molar-refractivity contribution is 5.92. The number of aromatic nitrogens is 1. The van der Waals surface area contributed by atoms with Crippen LogP contribution in [-0.4, -0.2) is 27.9 Å². The van der Waals surface area contributed by atoms with Crippen molar-refractivity contribution in [1.29, 1.82) is 0 Å². The van der Waals surface area contributed by atoms with Crippen molar-refractivity contribution in [2.75, 3.05) is 0 Å². The maximum Gasteiger partial charge on any atom is 0.272 e. The van der Waals surface area contributed by atoms with Crippen LogP contribution in [0.5, 0.6) is 0 Å². The van der Waals surface area contributed by atoms with Crippen LogP contribution >= 0.6 is 0 Å². The van der Waals surface area contributed by atoms with E-state index in [-0.39, 0.29) is 5.91 Å². The van der Waals surface area contributed by atoms with Crippen molar-refractivity contribution in [2.24, 2.45) is 0 Å². The van der Waals surface area contributed by atoms with E-state index in [4.69, 9.17) is 0 Å². The molecule has 0 radical (unpaired) electrons. The molecule has 0 bridgehead atoms. The highest BCUT2D eigenvalue weighted by Crippen LogP contribution is 2.35. The quantitative estimate of drug-likeness (QED) is 0.799. The number of carbonyl (C=O) groups excluding carboxylic acids is 1. The summed E-state index contributed by atoms with van der Waals surface area (Å²) < 4.78 is 0. The van der Waals surface area contributed by atoms with Crippen LogP contribution in [0.15, 0.2) is 24.4 Å². The standard InChI is InChI=1S/C14H18N2O/c17-14(13-7-3-4-10-15-13)16(12-8-9-12)11-5-1-2-6-11/h3-4,7,10-12H,1-2,5-6,8-9H2. The van der Waals surface area contributed by atoms with Crippen molar-refractivity contribution >= 4 is 5.91 Å². The molecule has 0 unspecified atom stereocenters. The van der Waals surface area contributed by atoms with Crippen LogP contribution in [0.3, 0.4) is 0 Å². The highest BCUT2D eigenvalue weighted by atomic mass is 16.2. The van der Waals surface area contributed by atoms with Crippen molar-refractivity contribution in [2.45, 2.75) is 50.6 Å². The number of nitrogens with zero attached hydrogens (tertiary/aromatic N) is 2. The van der Waals surface area contributed by atoms with Crippen molar-refractivity contribution in [3.63, 3.8) is 0 Å². The lowest BCUT2D eigenvalue weighted by atomic mass is 10.2. The first-order valence-corrected chi connectivity index (χ1v) is 6.60. The summed E-state index contributed by atoms with van der Waals surface area (Å²) in [6.45, 7) is 0. The third-order valence-electron chi connectivity index (χ3n) is 3.78. The van der Waals surface area contributed by atoms with Gasteiger partial charge in [0.1, 0.15) is 5.69 Å². The SMILES string of the molecule is O=C(c1ccccn1)N(C1CCCC1)C1CC1. The maximum atomic E-state index is 12.5. The van der Waals surface area contributed by atoms with Crippen molar-refractivity contribution in [3.05, 3.63) is 30.1 Å². The van der Waals surface area contributed by atoms with Crippen LogP contribution in [0.2, 0.25) is 0 Å². The average molecular weight is 230 g/mol. The molecule has 3 nitrogen and oxygen atoms in total. The molecule has 2 fully saturated rings. The summed E-state index contributed by atoms with van der Waals surface area (Å²) in [5.41, 5.74) is 0.603. The Morgan fingerprint density at radius 2 is 1.82 bits per heavy atom. The predicted molar refractivity (Wildman–Crippen MR) is 65.7 cm³/mol. The number of amides is 1. The molecule has 2 aliphatic carbocycles. The fourth-order valence-electron chi connectivity index (χ4n) is 2.79. The van der Waals surface area contributed by atoms with E-state index in [2.05, 4.69) is 9.88 Å². The summed E-state index contributed by atoms with van der Waals surface area (Å²) in [5.74, 6) is 0.139. The zero-order valence-corrected chi connectivity index (χ0v) is 10.0. The molecule has 2 saturated carbocycles. The Labute approximate surface area is 102 Å². The fraction of sp³-hybridized carbons (Fsp3) is 0.571. The Balaban J connectivity index is 1.81. The molecule has 3 heteroatoms. The lowest BCUT2D eigenvalue weighted by molar-refractivity contribution is 0.0658. The largest absolute Gasteiger partial charge is 0.331 e. The lowest BCUT2D eigenvalue weighted by Gasteiger charge is -2.28. The first kappa shape index (κ1) is 10.8. The van der Waals surface area contributed by atoms with E-state index < -0.39 is 0 Å². The maximum absolute atomic E-state index is 12.5. The van der Waals surface area contributed by atoms with Gasteiger partial charge in [-0.1, -0.05) is 18.9 Å². The first-order valence-electron chi connectivity index (χ1n) is 6.60. The lowest BCUT2D eigenvalue weighted by Crippen LogP contribution is -2.40. The van der Waals surface area contributed by atoms with Gasteiger partial charge in [-0.15, -0.1) is 0 Å². The van der Waals surface area contributed by atoms with Gasteiger partial charge in [0.25, 0.3) is 5.91 Å². The van der Waals surface area contributed by atoms with Gasteiger partial charge < -0.3 is 4.90 Å².